The third-order valence-electron chi connectivity index (χ3n) is 5.97. The molecule has 178 valence electrons. The zero-order valence-electron chi connectivity index (χ0n) is 19.7. The summed E-state index contributed by atoms with van der Waals surface area (Å²) >= 11 is 12.6. The highest BCUT2D eigenvalue weighted by Gasteiger charge is 2.12. The average molecular weight is 511 g/mol. The minimum absolute atomic E-state index is 0.580. The summed E-state index contributed by atoms with van der Waals surface area (Å²) in [6.07, 6.45) is 6.15. The number of halogens is 2. The molecule has 1 heterocycles. The monoisotopic (exact) mass is 510 g/mol. The van der Waals surface area contributed by atoms with Crippen LogP contribution in [0.5, 0.6) is 5.75 Å². The Kier molecular flexibility index (Phi) is 7.22. The van der Waals surface area contributed by atoms with Crippen LogP contribution in [-0.4, -0.2) is 16.7 Å². The maximum atomic E-state index is 6.48. The Morgan fingerprint density at radius 2 is 1.50 bits per heavy atom. The molecule has 1 aromatic heterocycles. The summed E-state index contributed by atoms with van der Waals surface area (Å²) in [6, 6.07) is 32.3. The van der Waals surface area contributed by atoms with Gasteiger partial charge in [0.2, 0.25) is 0 Å². The number of benzene rings is 4. The Hall–Kier alpha value is -3.79. The molecule has 0 amide bonds. The molecule has 3 nitrogen and oxygen atoms in total. The van der Waals surface area contributed by atoms with Gasteiger partial charge in [-0.3, -0.25) is 0 Å². The van der Waals surface area contributed by atoms with Crippen LogP contribution in [0.3, 0.4) is 0 Å². The van der Waals surface area contributed by atoms with Gasteiger partial charge in [0.25, 0.3) is 0 Å². The van der Waals surface area contributed by atoms with Gasteiger partial charge in [0.15, 0.2) is 0 Å². The summed E-state index contributed by atoms with van der Waals surface area (Å²) in [5.41, 5.74) is 6.25. The van der Waals surface area contributed by atoms with Crippen LogP contribution in [0, 0.1) is 0 Å². The topological polar surface area (TPSA) is 27.1 Å². The van der Waals surface area contributed by atoms with Crippen molar-refractivity contribution >= 4 is 35.4 Å². The third-order valence-corrected chi connectivity index (χ3v) is 6.52. The molecule has 0 aliphatic carbocycles. The molecular formula is C31H24Cl2N2O. The molecule has 0 saturated carbocycles. The molecule has 5 rings (SSSR count). The van der Waals surface area contributed by atoms with Crippen LogP contribution in [0.2, 0.25) is 10.0 Å². The lowest BCUT2D eigenvalue weighted by molar-refractivity contribution is 0.415. The number of imidazole rings is 1. The number of nitrogens with zero attached hydrogens (tertiary/aromatic N) is 2. The molecule has 0 N–H and O–H groups in total. The standard InChI is InChI=1S/C31H24Cl2N2O/c1-36-27-15-12-25(13-16-27)24-10-7-22(8-11-24)9-18-31-34-30(28-17-14-26(32)19-29(28)33)21-35(31)20-23-5-3-2-4-6-23/h2-19,21H,20H2,1H3. The van der Waals surface area contributed by atoms with Gasteiger partial charge in [-0.15, -0.1) is 0 Å². The molecule has 0 spiro atoms. The fourth-order valence-corrected chi connectivity index (χ4v) is 4.54. The van der Waals surface area contributed by atoms with Crippen molar-refractivity contribution in [3.63, 3.8) is 0 Å². The van der Waals surface area contributed by atoms with Crippen LogP contribution in [0.25, 0.3) is 34.5 Å². The van der Waals surface area contributed by atoms with E-state index in [-0.39, 0.29) is 0 Å². The van der Waals surface area contributed by atoms with Crippen LogP contribution in [0.1, 0.15) is 17.0 Å². The molecule has 5 aromatic rings. The van der Waals surface area contributed by atoms with E-state index in [9.17, 15) is 0 Å². The minimum atomic E-state index is 0.580. The van der Waals surface area contributed by atoms with Crippen molar-refractivity contribution in [2.24, 2.45) is 0 Å². The maximum absolute atomic E-state index is 6.48. The molecular weight excluding hydrogens is 487 g/mol. The van der Waals surface area contributed by atoms with Gasteiger partial charge in [-0.25, -0.2) is 4.98 Å². The summed E-state index contributed by atoms with van der Waals surface area (Å²) in [5, 5.41) is 1.18. The van der Waals surface area contributed by atoms with Crippen molar-refractivity contribution < 1.29 is 4.74 Å². The summed E-state index contributed by atoms with van der Waals surface area (Å²) in [4.78, 5) is 4.90. The Bertz CT molecular complexity index is 1490. The van der Waals surface area contributed by atoms with Crippen molar-refractivity contribution in [1.82, 2.24) is 9.55 Å². The predicted molar refractivity (Wildman–Crippen MR) is 151 cm³/mol. The number of methoxy groups -OCH3 is 1. The normalized spacial score (nSPS) is 11.2. The smallest absolute Gasteiger partial charge is 0.133 e. The number of hydrogen-bond donors (Lipinski definition) is 0. The van der Waals surface area contributed by atoms with Crippen LogP contribution in [-0.2, 0) is 6.54 Å². The molecule has 0 fully saturated rings. The molecule has 5 heteroatoms. The van der Waals surface area contributed by atoms with E-state index in [0.717, 1.165) is 39.5 Å². The average Bonchev–Trinajstić information content (AvgIpc) is 3.30. The first-order valence-corrected chi connectivity index (χ1v) is 12.3. The van der Waals surface area contributed by atoms with Gasteiger partial charge in [-0.2, -0.15) is 0 Å². The van der Waals surface area contributed by atoms with E-state index < -0.39 is 0 Å². The van der Waals surface area contributed by atoms with Crippen molar-refractivity contribution in [1.29, 1.82) is 0 Å². The van der Waals surface area contributed by atoms with E-state index in [1.54, 1.807) is 13.2 Å². The first-order valence-electron chi connectivity index (χ1n) is 11.6. The van der Waals surface area contributed by atoms with E-state index in [0.29, 0.717) is 16.6 Å². The highest BCUT2D eigenvalue weighted by Crippen LogP contribution is 2.30. The number of hydrogen-bond acceptors (Lipinski definition) is 2. The van der Waals surface area contributed by atoms with E-state index in [2.05, 4.69) is 59.2 Å². The molecule has 0 saturated heterocycles. The van der Waals surface area contributed by atoms with E-state index in [4.69, 9.17) is 32.9 Å². The first kappa shape index (κ1) is 23.9. The SMILES string of the molecule is COc1ccc(-c2ccc(C=Cc3nc(-c4ccc(Cl)cc4Cl)cn3Cc3ccccc3)cc2)cc1. The molecule has 0 radical (unpaired) electrons. The molecule has 36 heavy (non-hydrogen) atoms. The second kappa shape index (κ2) is 10.9. The van der Waals surface area contributed by atoms with E-state index >= 15 is 0 Å². The Morgan fingerprint density at radius 3 is 2.17 bits per heavy atom. The van der Waals surface area contributed by atoms with Gasteiger partial charge in [-0.05, 0) is 58.7 Å². The first-order chi connectivity index (χ1) is 17.6. The van der Waals surface area contributed by atoms with Crippen LogP contribution in [0.15, 0.2) is 103 Å². The van der Waals surface area contributed by atoms with Gasteiger partial charge < -0.3 is 9.30 Å². The molecule has 0 unspecified atom stereocenters. The van der Waals surface area contributed by atoms with Crippen LogP contribution in [0.4, 0.5) is 0 Å². The second-order valence-electron chi connectivity index (χ2n) is 8.41. The fourth-order valence-electron chi connectivity index (χ4n) is 4.04. The van der Waals surface area contributed by atoms with Crippen molar-refractivity contribution in [3.8, 4) is 28.1 Å². The minimum Gasteiger partial charge on any atom is -0.497 e. The van der Waals surface area contributed by atoms with Crippen molar-refractivity contribution in [3.05, 3.63) is 130 Å². The highest BCUT2D eigenvalue weighted by atomic mass is 35.5. The largest absolute Gasteiger partial charge is 0.497 e. The highest BCUT2D eigenvalue weighted by molar-refractivity contribution is 6.36. The number of aromatic nitrogens is 2. The summed E-state index contributed by atoms with van der Waals surface area (Å²) in [5.74, 6) is 1.70. The zero-order valence-corrected chi connectivity index (χ0v) is 21.2. The fraction of sp³-hybridized carbons (Fsp3) is 0.0645. The molecule has 0 aliphatic rings. The van der Waals surface area contributed by atoms with Crippen molar-refractivity contribution in [2.75, 3.05) is 7.11 Å². The van der Waals surface area contributed by atoms with Gasteiger partial charge >= 0.3 is 0 Å². The lowest BCUT2D eigenvalue weighted by Crippen LogP contribution is -2.00. The number of ether oxygens (including phenoxy) is 1. The van der Waals surface area contributed by atoms with Gasteiger partial charge in [0.05, 0.1) is 17.8 Å². The Labute approximate surface area is 221 Å². The molecule has 0 atom stereocenters. The van der Waals surface area contributed by atoms with E-state index in [1.165, 1.54) is 5.56 Å². The van der Waals surface area contributed by atoms with Crippen LogP contribution < -0.4 is 4.74 Å². The lowest BCUT2D eigenvalue weighted by Gasteiger charge is -2.06. The van der Waals surface area contributed by atoms with Gasteiger partial charge in [0.1, 0.15) is 11.6 Å². The maximum Gasteiger partial charge on any atom is 0.133 e. The quantitative estimate of drug-likeness (QED) is 0.218. The van der Waals surface area contributed by atoms with Crippen molar-refractivity contribution in [2.45, 2.75) is 6.54 Å². The van der Waals surface area contributed by atoms with Gasteiger partial charge in [-0.1, -0.05) is 96.0 Å². The zero-order chi connectivity index (χ0) is 24.9. The Morgan fingerprint density at radius 1 is 0.806 bits per heavy atom. The summed E-state index contributed by atoms with van der Waals surface area (Å²) in [7, 11) is 1.67. The lowest BCUT2D eigenvalue weighted by atomic mass is 10.0. The summed E-state index contributed by atoms with van der Waals surface area (Å²) in [6.45, 7) is 0.704. The summed E-state index contributed by atoms with van der Waals surface area (Å²) < 4.78 is 7.39. The van der Waals surface area contributed by atoms with E-state index in [1.807, 2.05) is 54.7 Å². The molecule has 4 aromatic carbocycles. The molecule has 0 aliphatic heterocycles. The number of rotatable bonds is 7. The Balaban J connectivity index is 1.43. The van der Waals surface area contributed by atoms with Crippen LogP contribution >= 0.6 is 23.2 Å². The third kappa shape index (κ3) is 5.54. The second-order valence-corrected chi connectivity index (χ2v) is 9.25. The van der Waals surface area contributed by atoms with Gasteiger partial charge in [0, 0.05) is 23.3 Å². The predicted octanol–water partition coefficient (Wildman–Crippen LogP) is 8.75. The molecule has 0 bridgehead atoms.